The van der Waals surface area contributed by atoms with Crippen LogP contribution in [-0.4, -0.2) is 10.6 Å². The molecule has 0 bridgehead atoms. The Morgan fingerprint density at radius 1 is 0.692 bits per heavy atom. The van der Waals surface area contributed by atoms with Gasteiger partial charge in [-0.15, -0.1) is 0 Å². The van der Waals surface area contributed by atoms with Gasteiger partial charge in [0.25, 0.3) is 5.91 Å². The van der Waals surface area contributed by atoms with Crippen molar-refractivity contribution < 1.29 is 33.7 Å². The van der Waals surface area contributed by atoms with Crippen molar-refractivity contribution in [2.24, 2.45) is 0 Å². The van der Waals surface area contributed by atoms with Gasteiger partial charge in [-0.25, -0.2) is 0 Å². The van der Waals surface area contributed by atoms with Gasteiger partial charge in [-0.1, -0.05) is 108 Å². The first kappa shape index (κ1) is 30.5. The smallest absolute Gasteiger partial charge is 0.250 e. The monoisotopic (exact) mass is 602 g/mol. The first-order valence-corrected chi connectivity index (χ1v) is 15.2. The largest absolute Gasteiger partial charge is 0.290 e. The van der Waals surface area contributed by atoms with Gasteiger partial charge in [0.2, 0.25) is 5.44 Å². The maximum absolute atomic E-state index is 13.1. The summed E-state index contributed by atoms with van der Waals surface area (Å²) in [6.45, 7) is 0. The molecule has 6 nitrogen and oxygen atoms in total. The Hall–Kier alpha value is -3.03. The van der Waals surface area contributed by atoms with Crippen LogP contribution in [0.4, 0.5) is 0 Å². The molecule has 0 fully saturated rings. The predicted molar refractivity (Wildman–Crippen MR) is 150 cm³/mol. The maximum Gasteiger partial charge on any atom is 0.250 e. The lowest BCUT2D eigenvalue weighted by atomic mass is 10.2. The minimum atomic E-state index is -4.69. The van der Waals surface area contributed by atoms with Crippen LogP contribution in [-0.2, 0) is 4.79 Å². The number of benzene rings is 4. The number of carbonyl (C=O) groups is 1. The minimum absolute atomic E-state index is 0.0337. The van der Waals surface area contributed by atoms with Crippen molar-refractivity contribution in [1.82, 2.24) is 5.32 Å². The van der Waals surface area contributed by atoms with E-state index >= 15 is 0 Å². The molecule has 4 aromatic carbocycles. The van der Waals surface area contributed by atoms with Gasteiger partial charge >= 0.3 is 0 Å². The summed E-state index contributed by atoms with van der Waals surface area (Å²) in [6, 6.07) is 39.9. The SMILES string of the molecule is O=C(C=Cc1ccccc1)NC(=C(Cl)Cl)[P+](c1ccccc1)(c1ccccc1)c1ccccc1.[O-][Cl+3]([O-])([O-])O. The fraction of sp³-hybridized carbons (Fsp3) is 0. The van der Waals surface area contributed by atoms with Gasteiger partial charge in [-0.3, -0.25) is 10.1 Å². The van der Waals surface area contributed by atoms with Gasteiger partial charge in [0.05, 0.1) is 14.9 Å². The normalized spacial score (nSPS) is 11.3. The molecule has 39 heavy (non-hydrogen) atoms. The van der Waals surface area contributed by atoms with Crippen molar-refractivity contribution in [3.05, 3.63) is 143 Å². The molecular weight excluding hydrogens is 580 g/mol. The molecule has 0 aliphatic carbocycles. The highest BCUT2D eigenvalue weighted by Gasteiger charge is 2.52. The molecule has 10 heteroatoms. The van der Waals surface area contributed by atoms with Crippen LogP contribution < -0.4 is 35.2 Å². The number of amides is 1. The standard InChI is InChI=1S/C29H22Cl2NOP.ClHO4/c30-28(31)29(32-27(33)22-21-23-13-5-1-6-14-23)34(24-15-7-2-8-16-24,25-17-9-3-10-18-25)26-19-11-4-12-20-26;2-1(3,4)5/h1-22H;(H,2,3,4,5)/p+1. The summed E-state index contributed by atoms with van der Waals surface area (Å²) in [7, 11) is -7.31. The van der Waals surface area contributed by atoms with E-state index in [-0.39, 0.29) is 10.4 Å². The first-order chi connectivity index (χ1) is 18.6. The van der Waals surface area contributed by atoms with Crippen molar-refractivity contribution in [1.29, 1.82) is 0 Å². The summed E-state index contributed by atoms with van der Waals surface area (Å²) in [5, 5.41) is 6.17. The Bertz CT molecular complexity index is 1290. The lowest BCUT2D eigenvalue weighted by Crippen LogP contribution is -2.58. The van der Waals surface area contributed by atoms with E-state index in [1.54, 1.807) is 6.08 Å². The van der Waals surface area contributed by atoms with Crippen LogP contribution in [0.2, 0.25) is 0 Å². The first-order valence-electron chi connectivity index (χ1n) is 11.4. The second-order valence-corrected chi connectivity index (χ2v) is 13.0. The molecule has 4 aromatic rings. The van der Waals surface area contributed by atoms with Crippen molar-refractivity contribution in [3.63, 3.8) is 0 Å². The Morgan fingerprint density at radius 2 is 1.03 bits per heavy atom. The maximum atomic E-state index is 13.1. The highest BCUT2D eigenvalue weighted by atomic mass is 35.7. The zero-order valence-corrected chi connectivity index (χ0v) is 23.5. The number of halogens is 3. The van der Waals surface area contributed by atoms with Gasteiger partial charge in [0, 0.05) is 6.08 Å². The molecule has 0 spiro atoms. The summed E-state index contributed by atoms with van der Waals surface area (Å²) in [5.74, 6) is -0.301. The van der Waals surface area contributed by atoms with Crippen molar-refractivity contribution in [3.8, 4) is 0 Å². The van der Waals surface area contributed by atoms with E-state index in [1.807, 2.05) is 84.9 Å². The van der Waals surface area contributed by atoms with E-state index in [9.17, 15) is 4.79 Å². The summed E-state index contributed by atoms with van der Waals surface area (Å²) in [5.41, 5.74) is 1.43. The third-order valence-corrected chi connectivity index (χ3v) is 10.3. The van der Waals surface area contributed by atoms with E-state index in [0.29, 0.717) is 5.44 Å². The van der Waals surface area contributed by atoms with Crippen LogP contribution in [0.25, 0.3) is 6.08 Å². The van der Waals surface area contributed by atoms with E-state index in [2.05, 4.69) is 41.7 Å². The number of nitrogens with one attached hydrogen (secondary N) is 1. The van der Waals surface area contributed by atoms with Crippen LogP contribution in [0.5, 0.6) is 0 Å². The molecule has 4 rings (SSSR count). The Kier molecular flexibility index (Phi) is 11.3. The zero-order valence-electron chi connectivity index (χ0n) is 20.4. The zero-order chi connectivity index (χ0) is 28.3. The van der Waals surface area contributed by atoms with Crippen LogP contribution in [0, 0.1) is 10.2 Å². The van der Waals surface area contributed by atoms with Crippen LogP contribution in [0.15, 0.2) is 137 Å². The van der Waals surface area contributed by atoms with E-state index in [4.69, 9.17) is 41.8 Å². The average molecular weight is 604 g/mol. The van der Waals surface area contributed by atoms with Crippen molar-refractivity contribution in [2.75, 3.05) is 0 Å². The molecule has 0 heterocycles. The third-order valence-electron chi connectivity index (χ3n) is 5.41. The molecule has 2 N–H and O–H groups in total. The Morgan fingerprint density at radius 3 is 1.36 bits per heavy atom. The molecule has 0 aliphatic rings. The van der Waals surface area contributed by atoms with Crippen molar-refractivity contribution >= 4 is 58.4 Å². The molecule has 0 aliphatic heterocycles. The Balaban J connectivity index is 0.000000771. The predicted octanol–water partition coefficient (Wildman–Crippen LogP) is 2.29. The topological polar surface area (TPSA) is 119 Å². The van der Waals surface area contributed by atoms with Crippen LogP contribution in [0.3, 0.4) is 0 Å². The van der Waals surface area contributed by atoms with Crippen LogP contribution in [0.1, 0.15) is 5.56 Å². The molecular formula is C29H24Cl3NO5P+. The highest BCUT2D eigenvalue weighted by molar-refractivity contribution is 7.99. The lowest BCUT2D eigenvalue weighted by Gasteiger charge is -2.29. The second kappa shape index (κ2) is 14.4. The van der Waals surface area contributed by atoms with Crippen molar-refractivity contribution in [2.45, 2.75) is 0 Å². The van der Waals surface area contributed by atoms with Gasteiger partial charge in [-0.2, -0.15) is 14.0 Å². The molecule has 200 valence electrons. The number of rotatable bonds is 7. The average Bonchev–Trinajstić information content (AvgIpc) is 2.93. The number of carbonyl (C=O) groups excluding carboxylic acids is 1. The van der Waals surface area contributed by atoms with E-state index in [1.165, 1.54) is 6.08 Å². The summed E-state index contributed by atoms with van der Waals surface area (Å²) in [6.07, 6.45) is 3.27. The van der Waals surface area contributed by atoms with Gasteiger partial charge in [-0.05, 0) is 48.0 Å². The molecule has 0 atom stereocenters. The van der Waals surface area contributed by atoms with Crippen LogP contribution >= 0.6 is 30.5 Å². The molecule has 0 saturated carbocycles. The fourth-order valence-electron chi connectivity index (χ4n) is 3.94. The van der Waals surface area contributed by atoms with Gasteiger partial charge < -0.3 is 0 Å². The summed E-state index contributed by atoms with van der Waals surface area (Å²) < 4.78 is 32.8. The minimum Gasteiger partial charge on any atom is -0.290 e. The van der Waals surface area contributed by atoms with E-state index in [0.717, 1.165) is 21.5 Å². The molecule has 1 amide bonds. The van der Waals surface area contributed by atoms with Gasteiger partial charge in [0.1, 0.15) is 15.9 Å². The quantitative estimate of drug-likeness (QED) is 0.248. The summed E-state index contributed by atoms with van der Waals surface area (Å²) in [4.78, 5) is 13.1. The number of hydrogen-bond acceptors (Lipinski definition) is 5. The second-order valence-electron chi connectivity index (χ2n) is 7.92. The fourth-order valence-corrected chi connectivity index (χ4v) is 8.86. The molecule has 0 unspecified atom stereocenters. The Labute approximate surface area is 239 Å². The van der Waals surface area contributed by atoms with Gasteiger partial charge in [0.15, 0.2) is 11.8 Å². The highest BCUT2D eigenvalue weighted by Crippen LogP contribution is 2.62. The summed E-state index contributed by atoms with van der Waals surface area (Å²) >= 11 is 13.1. The molecule has 0 saturated heterocycles. The van der Waals surface area contributed by atoms with E-state index < -0.39 is 17.5 Å². The lowest BCUT2D eigenvalue weighted by molar-refractivity contribution is -1.92. The number of hydrogen-bond donors (Lipinski definition) is 2. The third kappa shape index (κ3) is 8.73. The molecule has 0 aromatic heterocycles. The molecule has 0 radical (unpaired) electrons.